The molecule has 1 saturated heterocycles. The molecular weight excluding hydrogens is 558 g/mol. The van der Waals surface area contributed by atoms with Crippen LogP contribution < -0.4 is 20.9 Å². The Morgan fingerprint density at radius 1 is 1.05 bits per heavy atom. The minimum atomic E-state index is -1.72. The van der Waals surface area contributed by atoms with Crippen LogP contribution in [0.2, 0.25) is 10.0 Å². The summed E-state index contributed by atoms with van der Waals surface area (Å²) in [5.74, 6) is -2.12. The average molecular weight is 579 g/mol. The van der Waals surface area contributed by atoms with E-state index in [1.807, 2.05) is 0 Å². The van der Waals surface area contributed by atoms with Crippen molar-refractivity contribution in [3.05, 3.63) is 80.9 Å². The third-order valence-electron chi connectivity index (χ3n) is 5.89. The molecule has 1 aromatic heterocycles. The normalized spacial score (nSPS) is 16.6. The number of likely N-dealkylation sites (tertiary alicyclic amines) is 1. The Balaban J connectivity index is 1.53. The van der Waals surface area contributed by atoms with E-state index < -0.39 is 47.4 Å². The number of halogens is 3. The Morgan fingerprint density at radius 3 is 2.41 bits per heavy atom. The number of anilines is 2. The van der Waals surface area contributed by atoms with Crippen LogP contribution in [-0.2, 0) is 9.53 Å². The predicted molar refractivity (Wildman–Crippen MR) is 141 cm³/mol. The van der Waals surface area contributed by atoms with E-state index in [0.717, 1.165) is 22.9 Å². The number of carbonyl (C=O) groups is 3. The summed E-state index contributed by atoms with van der Waals surface area (Å²) in [4.78, 5) is 50.8. The first-order valence-corrected chi connectivity index (χ1v) is 12.1. The van der Waals surface area contributed by atoms with E-state index in [2.05, 4.69) is 15.4 Å². The van der Waals surface area contributed by atoms with Crippen molar-refractivity contribution in [1.29, 1.82) is 0 Å². The maximum absolute atomic E-state index is 15.0. The molecule has 0 aliphatic carbocycles. The molecular formula is C25H21Cl2FN4O7. The van der Waals surface area contributed by atoms with E-state index in [0.29, 0.717) is 10.7 Å². The third kappa shape index (κ3) is 6.48. The fraction of sp³-hybridized carbons (Fsp3) is 0.200. The standard InChI is InChI=1S/C25H21Cl2FN4O7/c1-38-17-10-20(32(12-17)24(35)29-15-4-2-13(26)3-5-15)22(33)30-19-7-6-16(9-18(19)28)31-11-14(27)8-21(23(31)34)39-25(36)37/h2-9,11,17,20H,10,12H2,1H3,(H,29,35)(H,30,33)(H,36,37)/t17-,20-/m1/s1. The van der Waals surface area contributed by atoms with Gasteiger partial charge in [0.1, 0.15) is 11.9 Å². The van der Waals surface area contributed by atoms with Gasteiger partial charge in [-0.25, -0.2) is 14.0 Å². The molecule has 2 atom stereocenters. The highest BCUT2D eigenvalue weighted by Gasteiger charge is 2.40. The van der Waals surface area contributed by atoms with E-state index >= 15 is 4.39 Å². The summed E-state index contributed by atoms with van der Waals surface area (Å²) in [5, 5.41) is 14.4. The van der Waals surface area contributed by atoms with Gasteiger partial charge in [-0.1, -0.05) is 23.2 Å². The first-order chi connectivity index (χ1) is 18.5. The molecule has 2 aromatic carbocycles. The largest absolute Gasteiger partial charge is 0.511 e. The summed E-state index contributed by atoms with van der Waals surface area (Å²) >= 11 is 11.8. The molecule has 0 unspecified atom stereocenters. The van der Waals surface area contributed by atoms with Crippen LogP contribution in [-0.4, -0.2) is 58.5 Å². The van der Waals surface area contributed by atoms with Crippen LogP contribution in [0.1, 0.15) is 6.42 Å². The molecule has 4 rings (SSSR count). The summed E-state index contributed by atoms with van der Waals surface area (Å²) in [6.45, 7) is 0.133. The number of ether oxygens (including phenoxy) is 2. The van der Waals surface area contributed by atoms with Crippen molar-refractivity contribution in [3.63, 3.8) is 0 Å². The number of benzene rings is 2. The molecule has 0 spiro atoms. The van der Waals surface area contributed by atoms with Crippen molar-refractivity contribution in [2.45, 2.75) is 18.6 Å². The van der Waals surface area contributed by atoms with Gasteiger partial charge in [-0.2, -0.15) is 0 Å². The molecule has 14 heteroatoms. The van der Waals surface area contributed by atoms with Crippen LogP contribution in [0.15, 0.2) is 59.5 Å². The monoisotopic (exact) mass is 578 g/mol. The summed E-state index contributed by atoms with van der Waals surface area (Å²) < 4.78 is 25.7. The van der Waals surface area contributed by atoms with Gasteiger partial charge >= 0.3 is 12.2 Å². The Bertz CT molecular complexity index is 1480. The molecule has 11 nitrogen and oxygen atoms in total. The zero-order valence-electron chi connectivity index (χ0n) is 20.2. The van der Waals surface area contributed by atoms with Crippen molar-refractivity contribution in [2.75, 3.05) is 24.3 Å². The second-order valence-corrected chi connectivity index (χ2v) is 9.29. The van der Waals surface area contributed by atoms with E-state index in [4.69, 9.17) is 33.0 Å². The molecule has 1 fully saturated rings. The number of carboxylic acid groups (broad SMARTS) is 1. The average Bonchev–Trinajstić information content (AvgIpc) is 3.33. The number of hydrogen-bond donors (Lipinski definition) is 3. The number of nitrogens with zero attached hydrogens (tertiary/aromatic N) is 2. The van der Waals surface area contributed by atoms with Crippen molar-refractivity contribution in [2.24, 2.45) is 0 Å². The van der Waals surface area contributed by atoms with Gasteiger partial charge in [0.25, 0.3) is 5.56 Å². The highest BCUT2D eigenvalue weighted by molar-refractivity contribution is 6.31. The summed E-state index contributed by atoms with van der Waals surface area (Å²) in [6.07, 6.45) is -0.795. The molecule has 2 heterocycles. The van der Waals surface area contributed by atoms with Crippen LogP contribution in [0.3, 0.4) is 0 Å². The summed E-state index contributed by atoms with van der Waals surface area (Å²) in [6, 6.07) is 9.42. The Labute approximate surface area is 230 Å². The van der Waals surface area contributed by atoms with Crippen LogP contribution >= 0.6 is 23.2 Å². The highest BCUT2D eigenvalue weighted by Crippen LogP contribution is 2.25. The van der Waals surface area contributed by atoms with E-state index in [1.54, 1.807) is 24.3 Å². The number of rotatable bonds is 6. The lowest BCUT2D eigenvalue weighted by Gasteiger charge is -2.24. The second-order valence-electron chi connectivity index (χ2n) is 8.42. The maximum atomic E-state index is 15.0. The first-order valence-electron chi connectivity index (χ1n) is 11.4. The first kappa shape index (κ1) is 27.9. The lowest BCUT2D eigenvalue weighted by molar-refractivity contribution is -0.119. The number of pyridine rings is 1. The van der Waals surface area contributed by atoms with Crippen molar-refractivity contribution in [1.82, 2.24) is 9.47 Å². The van der Waals surface area contributed by atoms with Crippen LogP contribution in [0, 0.1) is 5.82 Å². The molecule has 3 N–H and O–H groups in total. The van der Waals surface area contributed by atoms with Crippen molar-refractivity contribution in [3.8, 4) is 11.4 Å². The molecule has 0 radical (unpaired) electrons. The van der Waals surface area contributed by atoms with E-state index in [-0.39, 0.29) is 29.4 Å². The fourth-order valence-electron chi connectivity index (χ4n) is 4.02. The van der Waals surface area contributed by atoms with Gasteiger partial charge in [-0.05, 0) is 36.4 Å². The topological polar surface area (TPSA) is 139 Å². The van der Waals surface area contributed by atoms with Gasteiger partial charge in [0.2, 0.25) is 11.7 Å². The Morgan fingerprint density at radius 2 is 1.77 bits per heavy atom. The maximum Gasteiger partial charge on any atom is 0.511 e. The number of carbonyl (C=O) groups excluding carboxylic acids is 2. The summed E-state index contributed by atoms with van der Waals surface area (Å²) in [5.41, 5.74) is -0.631. The fourth-order valence-corrected chi connectivity index (χ4v) is 4.35. The molecule has 3 aromatic rings. The Kier molecular flexibility index (Phi) is 8.38. The minimum absolute atomic E-state index is 0.00230. The number of methoxy groups -OCH3 is 1. The Hall–Kier alpha value is -4.13. The minimum Gasteiger partial charge on any atom is -0.449 e. The van der Waals surface area contributed by atoms with Crippen molar-refractivity contribution < 1.29 is 33.4 Å². The van der Waals surface area contributed by atoms with Gasteiger partial charge in [0.05, 0.1) is 22.5 Å². The number of amides is 3. The quantitative estimate of drug-likeness (QED) is 0.363. The molecule has 39 heavy (non-hydrogen) atoms. The van der Waals surface area contributed by atoms with Crippen LogP contribution in [0.25, 0.3) is 5.69 Å². The number of urea groups is 1. The second kappa shape index (κ2) is 11.7. The van der Waals surface area contributed by atoms with Gasteiger partial charge in [0.15, 0.2) is 0 Å². The zero-order chi connectivity index (χ0) is 28.3. The van der Waals surface area contributed by atoms with Crippen LogP contribution in [0.5, 0.6) is 5.75 Å². The van der Waals surface area contributed by atoms with Crippen molar-refractivity contribution >= 4 is 52.7 Å². The van der Waals surface area contributed by atoms with E-state index in [9.17, 15) is 19.2 Å². The highest BCUT2D eigenvalue weighted by atomic mass is 35.5. The third-order valence-corrected chi connectivity index (χ3v) is 6.35. The number of aromatic nitrogens is 1. The summed E-state index contributed by atoms with van der Waals surface area (Å²) in [7, 11) is 1.46. The SMILES string of the molecule is CO[C@@H]1C[C@H](C(=O)Nc2ccc(-n3cc(Cl)cc(OC(=O)O)c3=O)cc2F)N(C(=O)Nc2ccc(Cl)cc2)C1. The predicted octanol–water partition coefficient (Wildman–Crippen LogP) is 4.60. The van der Waals surface area contributed by atoms with Crippen LogP contribution in [0.4, 0.5) is 25.4 Å². The molecule has 204 valence electrons. The van der Waals surface area contributed by atoms with Gasteiger partial charge in [-0.15, -0.1) is 0 Å². The van der Waals surface area contributed by atoms with Gasteiger partial charge in [-0.3, -0.25) is 14.2 Å². The molecule has 1 aliphatic rings. The molecule has 1 aliphatic heterocycles. The van der Waals surface area contributed by atoms with Gasteiger partial charge < -0.3 is 30.1 Å². The number of hydrogen-bond acceptors (Lipinski definition) is 6. The van der Waals surface area contributed by atoms with E-state index in [1.165, 1.54) is 24.1 Å². The lowest BCUT2D eigenvalue weighted by Crippen LogP contribution is -2.45. The zero-order valence-corrected chi connectivity index (χ0v) is 21.7. The lowest BCUT2D eigenvalue weighted by atomic mass is 10.1. The smallest absolute Gasteiger partial charge is 0.449 e. The van der Waals surface area contributed by atoms with Gasteiger partial charge in [0, 0.05) is 49.1 Å². The molecule has 0 bridgehead atoms. The molecule has 3 amide bonds. The number of nitrogens with one attached hydrogen (secondary N) is 2. The molecule has 0 saturated carbocycles.